The van der Waals surface area contributed by atoms with Crippen molar-refractivity contribution in [3.05, 3.63) is 18.0 Å². The highest BCUT2D eigenvalue weighted by atomic mass is 16.1. The molecule has 0 bridgehead atoms. The second-order valence-corrected chi connectivity index (χ2v) is 7.26. The molecule has 1 aliphatic carbocycles. The highest BCUT2D eigenvalue weighted by molar-refractivity contribution is 5.79. The Morgan fingerprint density at radius 3 is 2.59 bits per heavy atom. The maximum Gasteiger partial charge on any atom is 0.133 e. The van der Waals surface area contributed by atoms with Crippen molar-refractivity contribution in [1.82, 2.24) is 14.7 Å². The molecule has 2 fully saturated rings. The van der Waals surface area contributed by atoms with Crippen LogP contribution in [0, 0.1) is 5.92 Å². The number of piperidine rings is 1. The lowest BCUT2D eigenvalue weighted by atomic mass is 9.76. The van der Waals surface area contributed by atoms with E-state index in [0.29, 0.717) is 29.7 Å². The van der Waals surface area contributed by atoms with Gasteiger partial charge in [0.1, 0.15) is 5.78 Å². The fourth-order valence-corrected chi connectivity index (χ4v) is 3.78. The third-order valence-electron chi connectivity index (χ3n) is 5.88. The predicted molar refractivity (Wildman–Crippen MR) is 88.0 cm³/mol. The van der Waals surface area contributed by atoms with Crippen molar-refractivity contribution in [2.75, 3.05) is 13.1 Å². The lowest BCUT2D eigenvalue weighted by Crippen LogP contribution is -2.49. The highest BCUT2D eigenvalue weighted by Gasteiger charge is 2.37. The molecule has 0 spiro atoms. The van der Waals surface area contributed by atoms with Crippen LogP contribution < -0.4 is 0 Å². The molecule has 4 heteroatoms. The molecular formula is C18H29N3O. The first kappa shape index (κ1) is 15.7. The lowest BCUT2D eigenvalue weighted by Gasteiger charge is -2.45. The standard InChI is InChI=1S/C18H29N3O/c1-4-13(2)16-11-19-21(12-16)17-5-7-20(8-6-17)18-9-15(10-18)14(3)22/h11-13,15,17-18H,4-10H2,1-3H3/t13?,15-,18-. The highest BCUT2D eigenvalue weighted by Crippen LogP contribution is 2.35. The molecule has 0 amide bonds. The van der Waals surface area contributed by atoms with E-state index in [1.54, 1.807) is 6.92 Å². The fourth-order valence-electron chi connectivity index (χ4n) is 3.78. The molecule has 0 radical (unpaired) electrons. The Hall–Kier alpha value is -1.16. The number of likely N-dealkylation sites (tertiary alicyclic amines) is 1. The SMILES string of the molecule is CCC(C)c1cnn(C2CCN([C@H]3C[C@H](C(C)=O)C3)CC2)c1. The number of Topliss-reactive ketones (excluding diaryl/α,β-unsaturated/α-hetero) is 1. The molecule has 4 nitrogen and oxygen atoms in total. The Labute approximate surface area is 133 Å². The Morgan fingerprint density at radius 1 is 1.32 bits per heavy atom. The van der Waals surface area contributed by atoms with Crippen LogP contribution in [0.4, 0.5) is 0 Å². The quantitative estimate of drug-likeness (QED) is 0.836. The van der Waals surface area contributed by atoms with Crippen LogP contribution in [0.2, 0.25) is 0 Å². The van der Waals surface area contributed by atoms with Gasteiger partial charge in [-0.1, -0.05) is 13.8 Å². The van der Waals surface area contributed by atoms with Crippen molar-refractivity contribution in [2.24, 2.45) is 5.92 Å². The minimum Gasteiger partial charge on any atom is -0.300 e. The second kappa shape index (κ2) is 6.53. The fraction of sp³-hybridized carbons (Fsp3) is 0.778. The van der Waals surface area contributed by atoms with Crippen molar-refractivity contribution in [3.63, 3.8) is 0 Å². The summed E-state index contributed by atoms with van der Waals surface area (Å²) in [6.07, 6.45) is 10.0. The first-order valence-corrected chi connectivity index (χ1v) is 8.87. The van der Waals surface area contributed by atoms with Crippen LogP contribution in [0.25, 0.3) is 0 Å². The van der Waals surface area contributed by atoms with Gasteiger partial charge >= 0.3 is 0 Å². The van der Waals surface area contributed by atoms with Crippen LogP contribution in [0.5, 0.6) is 0 Å². The molecule has 1 aliphatic heterocycles. The average molecular weight is 303 g/mol. The van der Waals surface area contributed by atoms with E-state index in [1.807, 2.05) is 6.20 Å². The van der Waals surface area contributed by atoms with E-state index in [4.69, 9.17) is 0 Å². The summed E-state index contributed by atoms with van der Waals surface area (Å²) in [5.74, 6) is 1.32. The number of rotatable bonds is 5. The molecule has 2 heterocycles. The van der Waals surface area contributed by atoms with Crippen LogP contribution in [-0.2, 0) is 4.79 Å². The normalized spacial score (nSPS) is 28.3. The number of carbonyl (C=O) groups is 1. The number of aromatic nitrogens is 2. The Bertz CT molecular complexity index is 510. The Balaban J connectivity index is 1.50. The maximum absolute atomic E-state index is 11.3. The summed E-state index contributed by atoms with van der Waals surface area (Å²) < 4.78 is 2.19. The van der Waals surface area contributed by atoms with E-state index in [9.17, 15) is 4.79 Å². The van der Waals surface area contributed by atoms with E-state index in [-0.39, 0.29) is 0 Å². The summed E-state index contributed by atoms with van der Waals surface area (Å²) in [7, 11) is 0. The van der Waals surface area contributed by atoms with Crippen molar-refractivity contribution in [2.45, 2.75) is 70.9 Å². The van der Waals surface area contributed by atoms with Crippen molar-refractivity contribution in [1.29, 1.82) is 0 Å². The van der Waals surface area contributed by atoms with Gasteiger partial charge in [-0.05, 0) is 50.5 Å². The summed E-state index contributed by atoms with van der Waals surface area (Å²) in [5.41, 5.74) is 1.37. The molecular weight excluding hydrogens is 274 g/mol. The molecule has 0 aromatic carbocycles. The molecule has 1 unspecified atom stereocenters. The van der Waals surface area contributed by atoms with Crippen LogP contribution in [0.1, 0.15) is 70.4 Å². The zero-order valence-electron chi connectivity index (χ0n) is 14.2. The Morgan fingerprint density at radius 2 is 2.00 bits per heavy atom. The first-order valence-electron chi connectivity index (χ1n) is 8.87. The molecule has 2 aliphatic rings. The van der Waals surface area contributed by atoms with Gasteiger partial charge in [0.05, 0.1) is 12.2 Å². The molecule has 1 aromatic rings. The van der Waals surface area contributed by atoms with Gasteiger partial charge in [0.15, 0.2) is 0 Å². The summed E-state index contributed by atoms with van der Waals surface area (Å²) in [4.78, 5) is 13.9. The zero-order chi connectivity index (χ0) is 15.7. The monoisotopic (exact) mass is 303 g/mol. The summed E-state index contributed by atoms with van der Waals surface area (Å²) in [6.45, 7) is 8.54. The van der Waals surface area contributed by atoms with Gasteiger partial charge in [0.25, 0.3) is 0 Å². The average Bonchev–Trinajstić information content (AvgIpc) is 2.95. The predicted octanol–water partition coefficient (Wildman–Crippen LogP) is 3.40. The van der Waals surface area contributed by atoms with Crippen LogP contribution in [-0.4, -0.2) is 39.6 Å². The Kier molecular flexibility index (Phi) is 4.67. The lowest BCUT2D eigenvalue weighted by molar-refractivity contribution is -0.125. The van der Waals surface area contributed by atoms with Crippen LogP contribution >= 0.6 is 0 Å². The van der Waals surface area contributed by atoms with Gasteiger partial charge < -0.3 is 4.90 Å². The number of ketones is 1. The second-order valence-electron chi connectivity index (χ2n) is 7.26. The molecule has 22 heavy (non-hydrogen) atoms. The molecule has 1 saturated heterocycles. The van der Waals surface area contributed by atoms with E-state index < -0.39 is 0 Å². The van der Waals surface area contributed by atoms with Crippen molar-refractivity contribution >= 4 is 5.78 Å². The number of nitrogens with zero attached hydrogens (tertiary/aromatic N) is 3. The zero-order valence-corrected chi connectivity index (χ0v) is 14.2. The van der Waals surface area contributed by atoms with E-state index in [2.05, 4.69) is 34.7 Å². The molecule has 3 rings (SSSR count). The number of carbonyl (C=O) groups excluding carboxylic acids is 1. The van der Waals surface area contributed by atoms with Crippen LogP contribution in [0.3, 0.4) is 0 Å². The molecule has 122 valence electrons. The van der Waals surface area contributed by atoms with Gasteiger partial charge in [-0.15, -0.1) is 0 Å². The molecule has 0 N–H and O–H groups in total. The van der Waals surface area contributed by atoms with Gasteiger partial charge in [-0.2, -0.15) is 5.10 Å². The number of hydrogen-bond donors (Lipinski definition) is 0. The van der Waals surface area contributed by atoms with E-state index in [1.165, 1.54) is 24.8 Å². The third-order valence-corrected chi connectivity index (χ3v) is 5.88. The van der Waals surface area contributed by atoms with Gasteiger partial charge in [-0.3, -0.25) is 9.48 Å². The van der Waals surface area contributed by atoms with Crippen LogP contribution in [0.15, 0.2) is 12.4 Å². The van der Waals surface area contributed by atoms with Crippen molar-refractivity contribution < 1.29 is 4.79 Å². The van der Waals surface area contributed by atoms with Gasteiger partial charge in [-0.25, -0.2) is 0 Å². The maximum atomic E-state index is 11.3. The van der Waals surface area contributed by atoms with E-state index in [0.717, 1.165) is 25.9 Å². The summed E-state index contributed by atoms with van der Waals surface area (Å²) >= 11 is 0. The number of hydrogen-bond acceptors (Lipinski definition) is 3. The van der Waals surface area contributed by atoms with Crippen molar-refractivity contribution in [3.8, 4) is 0 Å². The minimum atomic E-state index is 0.340. The van der Waals surface area contributed by atoms with Gasteiger partial charge in [0, 0.05) is 31.2 Å². The topological polar surface area (TPSA) is 38.1 Å². The minimum absolute atomic E-state index is 0.340. The third kappa shape index (κ3) is 3.12. The van der Waals surface area contributed by atoms with E-state index >= 15 is 0 Å². The largest absolute Gasteiger partial charge is 0.300 e. The first-order chi connectivity index (χ1) is 10.6. The summed E-state index contributed by atoms with van der Waals surface area (Å²) in [6, 6.07) is 1.21. The molecule has 1 aromatic heterocycles. The van der Waals surface area contributed by atoms with Gasteiger partial charge in [0.2, 0.25) is 0 Å². The summed E-state index contributed by atoms with van der Waals surface area (Å²) in [5, 5.41) is 4.60. The molecule has 1 saturated carbocycles. The molecule has 1 atom stereocenters. The smallest absolute Gasteiger partial charge is 0.133 e.